The largest absolute Gasteiger partial charge is 0.363 e. The Morgan fingerprint density at radius 3 is 2.90 bits per heavy atom. The number of alkyl halides is 2. The van der Waals surface area contributed by atoms with E-state index in [4.69, 9.17) is 0 Å². The predicted molar refractivity (Wildman–Crippen MR) is 111 cm³/mol. The van der Waals surface area contributed by atoms with Gasteiger partial charge in [-0.2, -0.15) is 0 Å². The van der Waals surface area contributed by atoms with Crippen LogP contribution in [-0.4, -0.2) is 45.8 Å². The van der Waals surface area contributed by atoms with Crippen molar-refractivity contribution in [3.8, 4) is 11.3 Å². The van der Waals surface area contributed by atoms with Gasteiger partial charge < -0.3 is 10.2 Å². The highest BCUT2D eigenvalue weighted by Crippen LogP contribution is 2.35. The van der Waals surface area contributed by atoms with Gasteiger partial charge in [0, 0.05) is 35.3 Å². The van der Waals surface area contributed by atoms with Gasteiger partial charge in [0.15, 0.2) is 5.82 Å². The number of aryl methyl sites for hydroxylation is 1. The number of aromatic nitrogens is 3. The number of nitrogens with one attached hydrogen (secondary N) is 1. The van der Waals surface area contributed by atoms with Crippen LogP contribution in [0.3, 0.4) is 0 Å². The van der Waals surface area contributed by atoms with Gasteiger partial charge in [-0.05, 0) is 51.1 Å². The lowest BCUT2D eigenvalue weighted by Gasteiger charge is -2.32. The molecule has 0 radical (unpaired) electrons. The van der Waals surface area contributed by atoms with Crippen LogP contribution in [0.25, 0.3) is 22.2 Å². The molecule has 0 aliphatic carbocycles. The fourth-order valence-electron chi connectivity index (χ4n) is 4.01. The molecule has 1 aromatic carbocycles. The van der Waals surface area contributed by atoms with Crippen LogP contribution in [-0.2, 0) is 0 Å². The van der Waals surface area contributed by atoms with Crippen molar-refractivity contribution in [1.82, 2.24) is 20.1 Å². The maximum atomic E-state index is 13.7. The zero-order chi connectivity index (χ0) is 20.4. The first-order valence-electron chi connectivity index (χ1n) is 10.1. The standard InChI is InChI=1S/C22H25F2N5/c1-3-29-11-5-6-15(13-29)26-22-20-17(7-4-10-25-20)19(27-28-22)16-9-8-14(2)12-18(16)21(23)24/h4,7-10,12,15,21H,3,5-6,11,13H2,1-2H3,(H,26,28)/t15-/m1/s1. The van der Waals surface area contributed by atoms with Crippen LogP contribution in [0.1, 0.15) is 37.3 Å². The minimum Gasteiger partial charge on any atom is -0.363 e. The van der Waals surface area contributed by atoms with Gasteiger partial charge >= 0.3 is 0 Å². The number of fused-ring (bicyclic) bond motifs is 1. The van der Waals surface area contributed by atoms with Gasteiger partial charge in [0.05, 0.1) is 0 Å². The van der Waals surface area contributed by atoms with E-state index in [1.165, 1.54) is 6.07 Å². The third-order valence-electron chi connectivity index (χ3n) is 5.53. The highest BCUT2D eigenvalue weighted by molar-refractivity contribution is 5.98. The van der Waals surface area contributed by atoms with Gasteiger partial charge in [-0.15, -0.1) is 10.2 Å². The molecule has 3 aromatic rings. The number of hydrogen-bond donors (Lipinski definition) is 1. The summed E-state index contributed by atoms with van der Waals surface area (Å²) in [5.41, 5.74) is 2.25. The van der Waals surface area contributed by atoms with Crippen LogP contribution < -0.4 is 5.32 Å². The van der Waals surface area contributed by atoms with E-state index in [-0.39, 0.29) is 11.6 Å². The molecule has 1 aliphatic heterocycles. The fourth-order valence-corrected chi connectivity index (χ4v) is 4.01. The SMILES string of the molecule is CCN1CCC[C@@H](Nc2nnc(-c3ccc(C)cc3C(F)F)c3cccnc23)C1. The van der Waals surface area contributed by atoms with E-state index in [9.17, 15) is 8.78 Å². The van der Waals surface area contributed by atoms with Crippen molar-refractivity contribution >= 4 is 16.7 Å². The number of nitrogens with zero attached hydrogens (tertiary/aromatic N) is 4. The van der Waals surface area contributed by atoms with E-state index in [1.54, 1.807) is 25.3 Å². The molecule has 29 heavy (non-hydrogen) atoms. The van der Waals surface area contributed by atoms with Crippen molar-refractivity contribution in [3.63, 3.8) is 0 Å². The van der Waals surface area contributed by atoms with Crippen molar-refractivity contribution in [2.24, 2.45) is 0 Å². The average molecular weight is 397 g/mol. The lowest BCUT2D eigenvalue weighted by molar-refractivity contribution is 0.152. The van der Waals surface area contributed by atoms with Crippen LogP contribution in [0.15, 0.2) is 36.5 Å². The molecule has 0 amide bonds. The molecule has 1 aliphatic rings. The number of anilines is 1. The summed E-state index contributed by atoms with van der Waals surface area (Å²) in [6, 6.07) is 8.96. The second-order valence-corrected chi connectivity index (χ2v) is 7.56. The lowest BCUT2D eigenvalue weighted by atomic mass is 9.99. The van der Waals surface area contributed by atoms with Crippen molar-refractivity contribution in [2.45, 2.75) is 39.2 Å². The zero-order valence-corrected chi connectivity index (χ0v) is 16.7. The molecule has 3 heterocycles. The number of likely N-dealkylation sites (N-methyl/N-ethyl adjacent to an activating group) is 1. The minimum absolute atomic E-state index is 0.0315. The van der Waals surface area contributed by atoms with Crippen molar-refractivity contribution in [3.05, 3.63) is 47.7 Å². The molecule has 2 aromatic heterocycles. The summed E-state index contributed by atoms with van der Waals surface area (Å²) in [6.07, 6.45) is 1.30. The summed E-state index contributed by atoms with van der Waals surface area (Å²) in [4.78, 5) is 6.90. The van der Waals surface area contributed by atoms with Gasteiger partial charge in [-0.1, -0.05) is 24.6 Å². The topological polar surface area (TPSA) is 53.9 Å². The first kappa shape index (κ1) is 19.6. The Labute approximate surface area is 169 Å². The molecular formula is C22H25F2N5. The zero-order valence-electron chi connectivity index (χ0n) is 16.7. The van der Waals surface area contributed by atoms with Crippen molar-refractivity contribution in [2.75, 3.05) is 25.0 Å². The molecule has 5 nitrogen and oxygen atoms in total. The molecule has 1 fully saturated rings. The number of piperidine rings is 1. The summed E-state index contributed by atoms with van der Waals surface area (Å²) in [5, 5.41) is 12.9. The Bertz CT molecular complexity index is 1010. The second-order valence-electron chi connectivity index (χ2n) is 7.56. The van der Waals surface area contributed by atoms with E-state index < -0.39 is 6.43 Å². The number of pyridine rings is 1. The quantitative estimate of drug-likeness (QED) is 0.668. The van der Waals surface area contributed by atoms with Crippen LogP contribution in [0, 0.1) is 6.92 Å². The molecule has 0 spiro atoms. The Balaban J connectivity index is 1.75. The number of rotatable bonds is 5. The van der Waals surface area contributed by atoms with Gasteiger partial charge in [0.2, 0.25) is 0 Å². The second kappa shape index (κ2) is 8.37. The van der Waals surface area contributed by atoms with Crippen LogP contribution in [0.4, 0.5) is 14.6 Å². The number of likely N-dealkylation sites (tertiary alicyclic amines) is 1. The predicted octanol–water partition coefficient (Wildman–Crippen LogP) is 4.83. The summed E-state index contributed by atoms with van der Waals surface area (Å²) < 4.78 is 27.3. The Kier molecular flexibility index (Phi) is 5.67. The van der Waals surface area contributed by atoms with E-state index >= 15 is 0 Å². The van der Waals surface area contributed by atoms with Crippen LogP contribution in [0.5, 0.6) is 0 Å². The average Bonchev–Trinajstić information content (AvgIpc) is 2.74. The van der Waals surface area contributed by atoms with E-state index in [2.05, 4.69) is 32.3 Å². The molecule has 152 valence electrons. The molecular weight excluding hydrogens is 372 g/mol. The molecule has 1 saturated heterocycles. The number of benzene rings is 1. The highest BCUT2D eigenvalue weighted by atomic mass is 19.3. The Morgan fingerprint density at radius 2 is 2.10 bits per heavy atom. The van der Waals surface area contributed by atoms with Gasteiger partial charge in [0.1, 0.15) is 11.2 Å². The molecule has 7 heteroatoms. The van der Waals surface area contributed by atoms with Crippen LogP contribution >= 0.6 is 0 Å². The first-order chi connectivity index (χ1) is 14.1. The monoisotopic (exact) mass is 397 g/mol. The van der Waals surface area contributed by atoms with Gasteiger partial charge in [-0.25, -0.2) is 8.78 Å². The molecule has 1 N–H and O–H groups in total. The number of hydrogen-bond acceptors (Lipinski definition) is 5. The summed E-state index contributed by atoms with van der Waals surface area (Å²) in [6.45, 7) is 7.05. The Hall–Kier alpha value is -2.67. The van der Waals surface area contributed by atoms with E-state index in [0.29, 0.717) is 22.6 Å². The van der Waals surface area contributed by atoms with Gasteiger partial charge in [-0.3, -0.25) is 4.98 Å². The lowest BCUT2D eigenvalue weighted by Crippen LogP contribution is -2.42. The third-order valence-corrected chi connectivity index (χ3v) is 5.53. The number of halogens is 2. The Morgan fingerprint density at radius 1 is 1.24 bits per heavy atom. The first-order valence-corrected chi connectivity index (χ1v) is 10.1. The normalized spacial score (nSPS) is 17.8. The smallest absolute Gasteiger partial charge is 0.264 e. The van der Waals surface area contributed by atoms with Gasteiger partial charge in [0.25, 0.3) is 6.43 Å². The van der Waals surface area contributed by atoms with E-state index in [1.807, 2.05) is 12.1 Å². The maximum absolute atomic E-state index is 13.7. The molecule has 0 unspecified atom stereocenters. The van der Waals surface area contributed by atoms with Crippen LogP contribution in [0.2, 0.25) is 0 Å². The summed E-state index contributed by atoms with van der Waals surface area (Å²) >= 11 is 0. The van der Waals surface area contributed by atoms with E-state index in [0.717, 1.165) is 43.4 Å². The minimum atomic E-state index is -2.58. The fraction of sp³-hybridized carbons (Fsp3) is 0.409. The molecule has 0 bridgehead atoms. The third kappa shape index (κ3) is 4.05. The molecule has 1 atom stereocenters. The highest BCUT2D eigenvalue weighted by Gasteiger charge is 2.22. The molecule has 4 rings (SSSR count). The van der Waals surface area contributed by atoms with Crippen molar-refractivity contribution in [1.29, 1.82) is 0 Å². The van der Waals surface area contributed by atoms with Crippen molar-refractivity contribution < 1.29 is 8.78 Å². The molecule has 0 saturated carbocycles. The summed E-state index contributed by atoms with van der Waals surface area (Å²) in [7, 11) is 0. The summed E-state index contributed by atoms with van der Waals surface area (Å²) in [5.74, 6) is 0.609. The maximum Gasteiger partial charge on any atom is 0.264 e.